The molecule has 2 aromatic rings. The monoisotopic (exact) mass is 562 g/mol. The highest BCUT2D eigenvalue weighted by Gasteiger charge is 2.31. The van der Waals surface area contributed by atoms with E-state index >= 15 is 0 Å². The molecular formula is C23H26BrCl3N2O3. The molecule has 0 fully saturated rings. The Balaban J connectivity index is 2.33. The molecule has 0 aliphatic rings. The Kier molecular flexibility index (Phi) is 9.70. The summed E-state index contributed by atoms with van der Waals surface area (Å²) in [4.78, 5) is 27.7. The second kappa shape index (κ2) is 11.6. The summed E-state index contributed by atoms with van der Waals surface area (Å²) in [5.41, 5.74) is 0.107. The number of rotatable bonds is 8. The number of hydrogen-bond donors (Lipinski definition) is 1. The zero-order valence-corrected chi connectivity index (χ0v) is 22.2. The smallest absolute Gasteiger partial charge is 0.261 e. The van der Waals surface area contributed by atoms with Crippen LogP contribution in [0.25, 0.3) is 0 Å². The Morgan fingerprint density at radius 2 is 1.72 bits per heavy atom. The molecule has 2 aromatic carbocycles. The summed E-state index contributed by atoms with van der Waals surface area (Å²) in [6.45, 7) is 7.25. The van der Waals surface area contributed by atoms with Crippen molar-refractivity contribution < 1.29 is 14.3 Å². The van der Waals surface area contributed by atoms with Gasteiger partial charge in [0.05, 0.1) is 5.02 Å². The summed E-state index contributed by atoms with van der Waals surface area (Å²) in [6.07, 6.45) is 0.398. The van der Waals surface area contributed by atoms with Crippen LogP contribution in [0.5, 0.6) is 5.75 Å². The molecule has 1 atom stereocenters. The first kappa shape index (κ1) is 26.8. The van der Waals surface area contributed by atoms with Crippen molar-refractivity contribution in [1.82, 2.24) is 10.2 Å². The quantitative estimate of drug-likeness (QED) is 0.398. The van der Waals surface area contributed by atoms with Crippen molar-refractivity contribution in [3.8, 4) is 5.75 Å². The molecule has 0 saturated heterocycles. The lowest BCUT2D eigenvalue weighted by atomic mass is 10.1. The number of amides is 2. The van der Waals surface area contributed by atoms with Gasteiger partial charge in [0.15, 0.2) is 6.61 Å². The van der Waals surface area contributed by atoms with Crippen LogP contribution in [0, 0.1) is 0 Å². The molecule has 1 N–H and O–H groups in total. The van der Waals surface area contributed by atoms with Crippen molar-refractivity contribution in [2.24, 2.45) is 0 Å². The standard InChI is InChI=1S/C23H26BrCl3N2O3/c1-5-19(22(31)28-23(2,3)4)29(12-15-16(25)7-6-8-17(15)26)21(30)13-32-20-10-9-14(24)11-18(20)27/h6-11,19H,5,12-13H2,1-4H3,(H,28,31)/t19-/m1/s1. The van der Waals surface area contributed by atoms with E-state index in [-0.39, 0.29) is 19.1 Å². The maximum Gasteiger partial charge on any atom is 0.261 e. The lowest BCUT2D eigenvalue weighted by Gasteiger charge is -2.33. The van der Waals surface area contributed by atoms with E-state index in [1.54, 1.807) is 36.4 Å². The lowest BCUT2D eigenvalue weighted by molar-refractivity contribution is -0.143. The highest BCUT2D eigenvalue weighted by molar-refractivity contribution is 9.10. The van der Waals surface area contributed by atoms with E-state index in [1.165, 1.54) is 4.90 Å². The molecule has 0 aromatic heterocycles. The molecule has 0 unspecified atom stereocenters. The van der Waals surface area contributed by atoms with Crippen molar-refractivity contribution in [2.75, 3.05) is 6.61 Å². The third-order valence-corrected chi connectivity index (χ3v) is 6.02. The highest BCUT2D eigenvalue weighted by Crippen LogP contribution is 2.29. The van der Waals surface area contributed by atoms with Gasteiger partial charge in [0.1, 0.15) is 11.8 Å². The molecule has 2 amide bonds. The summed E-state index contributed by atoms with van der Waals surface area (Å²) in [5, 5.41) is 4.14. The molecule has 0 heterocycles. The molecule has 32 heavy (non-hydrogen) atoms. The molecule has 0 radical (unpaired) electrons. The van der Waals surface area contributed by atoms with Crippen LogP contribution in [0.1, 0.15) is 39.7 Å². The Labute approximate surface area is 212 Å². The molecule has 5 nitrogen and oxygen atoms in total. The van der Waals surface area contributed by atoms with Crippen LogP contribution in [0.3, 0.4) is 0 Å². The fourth-order valence-electron chi connectivity index (χ4n) is 3.04. The zero-order valence-electron chi connectivity index (χ0n) is 18.3. The van der Waals surface area contributed by atoms with Gasteiger partial charge in [0.25, 0.3) is 5.91 Å². The van der Waals surface area contributed by atoms with Gasteiger partial charge in [-0.3, -0.25) is 9.59 Å². The molecule has 0 bridgehead atoms. The summed E-state index contributed by atoms with van der Waals surface area (Å²) < 4.78 is 6.46. The Bertz CT molecular complexity index is 959. The first-order valence-electron chi connectivity index (χ1n) is 10.0. The molecule has 2 rings (SSSR count). The summed E-state index contributed by atoms with van der Waals surface area (Å²) >= 11 is 22.2. The predicted molar refractivity (Wildman–Crippen MR) is 134 cm³/mol. The molecule has 0 saturated carbocycles. The van der Waals surface area contributed by atoms with Gasteiger partial charge in [0.2, 0.25) is 5.91 Å². The van der Waals surface area contributed by atoms with Crippen LogP contribution in [0.15, 0.2) is 40.9 Å². The van der Waals surface area contributed by atoms with E-state index in [4.69, 9.17) is 39.5 Å². The second-order valence-corrected chi connectivity index (χ2v) is 10.4. The minimum Gasteiger partial charge on any atom is -0.482 e. The van der Waals surface area contributed by atoms with Crippen molar-refractivity contribution in [3.63, 3.8) is 0 Å². The SMILES string of the molecule is CC[C@H](C(=O)NC(C)(C)C)N(Cc1c(Cl)cccc1Cl)C(=O)COc1ccc(Br)cc1Cl. The van der Waals surface area contributed by atoms with E-state index in [1.807, 2.05) is 27.7 Å². The van der Waals surface area contributed by atoms with Gasteiger partial charge in [-0.1, -0.05) is 63.7 Å². The number of ether oxygens (including phenoxy) is 1. The van der Waals surface area contributed by atoms with E-state index in [9.17, 15) is 9.59 Å². The number of nitrogens with zero attached hydrogens (tertiary/aromatic N) is 1. The molecular weight excluding hydrogens is 539 g/mol. The molecule has 0 aliphatic carbocycles. The number of hydrogen-bond acceptors (Lipinski definition) is 3. The summed E-state index contributed by atoms with van der Waals surface area (Å²) in [6, 6.07) is 9.48. The summed E-state index contributed by atoms with van der Waals surface area (Å²) in [5.74, 6) is -0.291. The van der Waals surface area contributed by atoms with E-state index in [2.05, 4.69) is 21.2 Å². The third kappa shape index (κ3) is 7.55. The van der Waals surface area contributed by atoms with Crippen LogP contribution in [-0.2, 0) is 16.1 Å². The second-order valence-electron chi connectivity index (χ2n) is 8.25. The maximum absolute atomic E-state index is 13.3. The number of carbonyl (C=O) groups is 2. The van der Waals surface area contributed by atoms with Gasteiger partial charge in [-0.25, -0.2) is 0 Å². The van der Waals surface area contributed by atoms with E-state index in [0.717, 1.165) is 4.47 Å². The van der Waals surface area contributed by atoms with Gasteiger partial charge in [-0.05, 0) is 57.5 Å². The van der Waals surface area contributed by atoms with Gasteiger partial charge < -0.3 is 15.0 Å². The van der Waals surface area contributed by atoms with E-state index < -0.39 is 17.5 Å². The normalized spacial score (nSPS) is 12.2. The molecule has 9 heteroatoms. The number of nitrogens with one attached hydrogen (secondary N) is 1. The molecule has 0 aliphatic heterocycles. The topological polar surface area (TPSA) is 58.6 Å². The Hall–Kier alpha value is -1.47. The van der Waals surface area contributed by atoms with E-state index in [0.29, 0.717) is 32.8 Å². The zero-order chi connectivity index (χ0) is 24.1. The largest absolute Gasteiger partial charge is 0.482 e. The molecule has 0 spiro atoms. The fourth-order valence-corrected chi connectivity index (χ4v) is 4.29. The minimum atomic E-state index is -0.738. The lowest BCUT2D eigenvalue weighted by Crippen LogP contribution is -2.54. The van der Waals surface area contributed by atoms with Crippen molar-refractivity contribution in [1.29, 1.82) is 0 Å². The first-order chi connectivity index (χ1) is 14.9. The van der Waals surface area contributed by atoms with Crippen molar-refractivity contribution in [2.45, 2.75) is 52.2 Å². The number of carbonyl (C=O) groups excluding carboxylic acids is 2. The van der Waals surface area contributed by atoms with Gasteiger partial charge >= 0.3 is 0 Å². The van der Waals surface area contributed by atoms with Crippen LogP contribution < -0.4 is 10.1 Å². The van der Waals surface area contributed by atoms with Crippen LogP contribution >= 0.6 is 50.7 Å². The maximum atomic E-state index is 13.3. The van der Waals surface area contributed by atoms with Crippen LogP contribution in [0.4, 0.5) is 0 Å². The van der Waals surface area contributed by atoms with Gasteiger partial charge in [-0.15, -0.1) is 0 Å². The highest BCUT2D eigenvalue weighted by atomic mass is 79.9. The van der Waals surface area contributed by atoms with Gasteiger partial charge in [0, 0.05) is 32.2 Å². The average Bonchev–Trinajstić information content (AvgIpc) is 2.67. The Morgan fingerprint density at radius 3 is 2.25 bits per heavy atom. The Morgan fingerprint density at radius 1 is 1.09 bits per heavy atom. The average molecular weight is 565 g/mol. The minimum absolute atomic E-state index is 0.0604. The number of halogens is 4. The summed E-state index contributed by atoms with van der Waals surface area (Å²) in [7, 11) is 0. The third-order valence-electron chi connectivity index (χ3n) is 4.52. The first-order valence-corrected chi connectivity index (χ1v) is 12.0. The van der Waals surface area contributed by atoms with Gasteiger partial charge in [-0.2, -0.15) is 0 Å². The predicted octanol–water partition coefficient (Wildman–Crippen LogP) is 6.51. The van der Waals surface area contributed by atoms with Crippen LogP contribution in [0.2, 0.25) is 15.1 Å². The molecule has 174 valence electrons. The van der Waals surface area contributed by atoms with Crippen LogP contribution in [-0.4, -0.2) is 34.9 Å². The number of benzene rings is 2. The van der Waals surface area contributed by atoms with Crippen molar-refractivity contribution in [3.05, 3.63) is 61.5 Å². The van der Waals surface area contributed by atoms with Crippen molar-refractivity contribution >= 4 is 62.5 Å². The fraction of sp³-hybridized carbons (Fsp3) is 0.391.